The summed E-state index contributed by atoms with van der Waals surface area (Å²) in [5.74, 6) is 0.243. The van der Waals surface area contributed by atoms with E-state index in [9.17, 15) is 4.79 Å². The maximum Gasteiger partial charge on any atom is 0.249 e. The second kappa shape index (κ2) is 5.63. The lowest BCUT2D eigenvalue weighted by atomic mass is 10.1. The number of nitrogens with zero attached hydrogens (tertiary/aromatic N) is 1. The average molecular weight is 265 g/mol. The summed E-state index contributed by atoms with van der Waals surface area (Å²) in [5.41, 5.74) is 1.01. The number of carbonyl (C=O) groups excluding carboxylic acids is 1. The lowest BCUT2D eigenvalue weighted by Crippen LogP contribution is -2.54. The van der Waals surface area contributed by atoms with Crippen LogP contribution in [0.2, 0.25) is 0 Å². The molecule has 0 aromatic heterocycles. The predicted octanol–water partition coefficient (Wildman–Crippen LogP) is 1.89. The average Bonchev–Trinajstić information content (AvgIpc) is 3.08. The maximum absolute atomic E-state index is 12.6. The van der Waals surface area contributed by atoms with E-state index in [0.717, 1.165) is 50.8 Å². The zero-order chi connectivity index (χ0) is 13.2. The molecular formula is C15H23NO3. The summed E-state index contributed by atoms with van der Waals surface area (Å²) in [6.07, 6.45) is 7.51. The monoisotopic (exact) mass is 265 g/mol. The summed E-state index contributed by atoms with van der Waals surface area (Å²) in [4.78, 5) is 14.6. The van der Waals surface area contributed by atoms with Crippen LogP contribution in [0.25, 0.3) is 0 Å². The first-order chi connectivity index (χ1) is 9.31. The van der Waals surface area contributed by atoms with Gasteiger partial charge >= 0.3 is 0 Å². The van der Waals surface area contributed by atoms with Crippen LogP contribution >= 0.6 is 0 Å². The van der Waals surface area contributed by atoms with Crippen molar-refractivity contribution in [3.05, 3.63) is 11.6 Å². The molecule has 3 atom stereocenters. The Bertz CT molecular complexity index is 380. The quantitative estimate of drug-likeness (QED) is 0.782. The van der Waals surface area contributed by atoms with Gasteiger partial charge in [-0.05, 0) is 39.0 Å². The summed E-state index contributed by atoms with van der Waals surface area (Å²) in [7, 11) is 0. The molecule has 4 nitrogen and oxygen atoms in total. The van der Waals surface area contributed by atoms with Gasteiger partial charge in [0.25, 0.3) is 0 Å². The molecule has 106 valence electrons. The van der Waals surface area contributed by atoms with Crippen molar-refractivity contribution in [2.24, 2.45) is 0 Å². The normalized spacial score (nSPS) is 34.3. The first-order valence-corrected chi connectivity index (χ1v) is 7.54. The lowest BCUT2D eigenvalue weighted by molar-refractivity contribution is -0.147. The van der Waals surface area contributed by atoms with Crippen molar-refractivity contribution < 1.29 is 14.3 Å². The molecule has 1 aliphatic heterocycles. The Morgan fingerprint density at radius 3 is 3.16 bits per heavy atom. The SMILES string of the molecule is CCO[C@H]1CC[C@H]2[C@H]1OCCN2C(=O)C1=CCCC1. The van der Waals surface area contributed by atoms with Gasteiger partial charge in [0, 0.05) is 18.7 Å². The van der Waals surface area contributed by atoms with E-state index in [1.165, 1.54) is 0 Å². The Balaban J connectivity index is 1.71. The largest absolute Gasteiger partial charge is 0.376 e. The number of hydrogen-bond acceptors (Lipinski definition) is 3. The highest BCUT2D eigenvalue weighted by molar-refractivity contribution is 5.94. The Labute approximate surface area is 114 Å². The lowest BCUT2D eigenvalue weighted by Gasteiger charge is -2.39. The Kier molecular flexibility index (Phi) is 3.89. The second-order valence-corrected chi connectivity index (χ2v) is 5.59. The van der Waals surface area contributed by atoms with Gasteiger partial charge < -0.3 is 14.4 Å². The Morgan fingerprint density at radius 1 is 1.53 bits per heavy atom. The molecule has 1 saturated heterocycles. The fourth-order valence-corrected chi connectivity index (χ4v) is 3.61. The predicted molar refractivity (Wildman–Crippen MR) is 71.8 cm³/mol. The van der Waals surface area contributed by atoms with Crippen molar-refractivity contribution >= 4 is 5.91 Å². The summed E-state index contributed by atoms with van der Waals surface area (Å²) in [6.45, 7) is 4.11. The van der Waals surface area contributed by atoms with Gasteiger partial charge in [0.2, 0.25) is 5.91 Å². The van der Waals surface area contributed by atoms with E-state index in [1.807, 2.05) is 11.8 Å². The molecule has 2 aliphatic carbocycles. The molecule has 1 saturated carbocycles. The molecule has 2 fully saturated rings. The van der Waals surface area contributed by atoms with Crippen molar-refractivity contribution in [3.63, 3.8) is 0 Å². The van der Waals surface area contributed by atoms with E-state index < -0.39 is 0 Å². The first-order valence-electron chi connectivity index (χ1n) is 7.54. The van der Waals surface area contributed by atoms with Gasteiger partial charge in [0.05, 0.1) is 18.8 Å². The standard InChI is InChI=1S/C15H23NO3/c1-2-18-13-8-7-12-14(13)19-10-9-16(12)15(17)11-5-3-4-6-11/h5,12-14H,2-4,6-10H2,1H3/t12-,13-,14+/m0/s1. The molecule has 19 heavy (non-hydrogen) atoms. The number of allylic oxidation sites excluding steroid dienone is 1. The molecule has 0 spiro atoms. The summed E-state index contributed by atoms with van der Waals surface area (Å²) >= 11 is 0. The number of fused-ring (bicyclic) bond motifs is 1. The highest BCUT2D eigenvalue weighted by atomic mass is 16.5. The van der Waals surface area contributed by atoms with Crippen molar-refractivity contribution in [1.29, 1.82) is 0 Å². The Morgan fingerprint density at radius 2 is 2.42 bits per heavy atom. The highest BCUT2D eigenvalue weighted by Gasteiger charge is 2.45. The molecule has 1 heterocycles. The van der Waals surface area contributed by atoms with Gasteiger partial charge in [0.15, 0.2) is 0 Å². The number of hydrogen-bond donors (Lipinski definition) is 0. The molecule has 0 radical (unpaired) electrons. The number of rotatable bonds is 3. The molecule has 4 heteroatoms. The molecule has 3 aliphatic rings. The van der Waals surface area contributed by atoms with Gasteiger partial charge in [-0.2, -0.15) is 0 Å². The molecule has 3 rings (SSSR count). The van der Waals surface area contributed by atoms with Gasteiger partial charge in [-0.25, -0.2) is 0 Å². The highest BCUT2D eigenvalue weighted by Crippen LogP contribution is 2.33. The van der Waals surface area contributed by atoms with Crippen LogP contribution in [-0.4, -0.2) is 48.8 Å². The van der Waals surface area contributed by atoms with Crippen molar-refractivity contribution in [2.45, 2.75) is 57.3 Å². The summed E-state index contributed by atoms with van der Waals surface area (Å²) in [6, 6.07) is 0.222. The van der Waals surface area contributed by atoms with Crippen LogP contribution in [0.1, 0.15) is 39.0 Å². The van der Waals surface area contributed by atoms with Crippen molar-refractivity contribution in [1.82, 2.24) is 4.90 Å². The summed E-state index contributed by atoms with van der Waals surface area (Å²) in [5, 5.41) is 0. The van der Waals surface area contributed by atoms with E-state index in [1.54, 1.807) is 0 Å². The summed E-state index contributed by atoms with van der Waals surface area (Å²) < 4.78 is 11.6. The van der Waals surface area contributed by atoms with Crippen LogP contribution in [-0.2, 0) is 14.3 Å². The molecule has 0 aromatic rings. The zero-order valence-electron chi connectivity index (χ0n) is 11.6. The van der Waals surface area contributed by atoms with E-state index >= 15 is 0 Å². The minimum absolute atomic E-state index is 0.0830. The van der Waals surface area contributed by atoms with Crippen LogP contribution in [0.3, 0.4) is 0 Å². The van der Waals surface area contributed by atoms with E-state index in [-0.39, 0.29) is 24.2 Å². The Hall–Kier alpha value is -0.870. The third kappa shape index (κ3) is 2.43. The molecule has 0 aromatic carbocycles. The van der Waals surface area contributed by atoms with Gasteiger partial charge in [-0.3, -0.25) is 4.79 Å². The second-order valence-electron chi connectivity index (χ2n) is 5.59. The van der Waals surface area contributed by atoms with E-state index in [0.29, 0.717) is 6.61 Å². The topological polar surface area (TPSA) is 38.8 Å². The number of ether oxygens (including phenoxy) is 2. The van der Waals surface area contributed by atoms with Crippen LogP contribution in [0.15, 0.2) is 11.6 Å². The maximum atomic E-state index is 12.6. The third-order valence-electron chi connectivity index (χ3n) is 4.49. The number of carbonyl (C=O) groups is 1. The van der Waals surface area contributed by atoms with E-state index in [2.05, 4.69) is 6.08 Å². The van der Waals surface area contributed by atoms with Crippen molar-refractivity contribution in [2.75, 3.05) is 19.8 Å². The third-order valence-corrected chi connectivity index (χ3v) is 4.49. The fourth-order valence-electron chi connectivity index (χ4n) is 3.61. The minimum Gasteiger partial charge on any atom is -0.376 e. The molecule has 0 unspecified atom stereocenters. The van der Waals surface area contributed by atoms with Crippen LogP contribution in [0.4, 0.5) is 0 Å². The van der Waals surface area contributed by atoms with Gasteiger partial charge in [-0.15, -0.1) is 0 Å². The smallest absolute Gasteiger partial charge is 0.249 e. The van der Waals surface area contributed by atoms with Crippen LogP contribution in [0, 0.1) is 0 Å². The molecule has 0 bridgehead atoms. The number of amides is 1. The van der Waals surface area contributed by atoms with E-state index in [4.69, 9.17) is 9.47 Å². The minimum atomic E-state index is 0.0830. The van der Waals surface area contributed by atoms with Crippen molar-refractivity contribution in [3.8, 4) is 0 Å². The fraction of sp³-hybridized carbons (Fsp3) is 0.800. The molecule has 0 N–H and O–H groups in total. The first kappa shape index (κ1) is 13.1. The van der Waals surface area contributed by atoms with Gasteiger partial charge in [-0.1, -0.05) is 6.08 Å². The molecular weight excluding hydrogens is 242 g/mol. The molecule has 1 amide bonds. The van der Waals surface area contributed by atoms with Crippen LogP contribution < -0.4 is 0 Å². The number of morpholine rings is 1. The van der Waals surface area contributed by atoms with Crippen LogP contribution in [0.5, 0.6) is 0 Å². The van der Waals surface area contributed by atoms with Gasteiger partial charge in [0.1, 0.15) is 6.10 Å². The zero-order valence-corrected chi connectivity index (χ0v) is 11.6.